The second-order valence-electron chi connectivity index (χ2n) is 4.88. The van der Waals surface area contributed by atoms with E-state index in [0.29, 0.717) is 5.02 Å². The number of ether oxygens (including phenoxy) is 1. The van der Waals surface area contributed by atoms with Gasteiger partial charge < -0.3 is 10.1 Å². The molecule has 21 heavy (non-hydrogen) atoms. The maximum atomic E-state index is 13.3. The molecule has 1 unspecified atom stereocenters. The van der Waals surface area contributed by atoms with E-state index in [0.717, 1.165) is 29.0 Å². The number of halogens is 2. The van der Waals surface area contributed by atoms with Gasteiger partial charge in [-0.1, -0.05) is 30.7 Å². The van der Waals surface area contributed by atoms with Crippen LogP contribution in [0.4, 0.5) is 4.39 Å². The summed E-state index contributed by atoms with van der Waals surface area (Å²) in [4.78, 5) is 0. The van der Waals surface area contributed by atoms with Gasteiger partial charge in [-0.25, -0.2) is 4.39 Å². The van der Waals surface area contributed by atoms with Gasteiger partial charge in [0.25, 0.3) is 0 Å². The van der Waals surface area contributed by atoms with Crippen LogP contribution in [0.3, 0.4) is 0 Å². The monoisotopic (exact) mass is 307 g/mol. The SMILES string of the molecule is CCNC(c1ccc(F)cc1C)c1ccc(OC)cc1Cl. The molecule has 2 rings (SSSR count). The van der Waals surface area contributed by atoms with Gasteiger partial charge in [-0.2, -0.15) is 0 Å². The van der Waals surface area contributed by atoms with E-state index >= 15 is 0 Å². The molecule has 0 heterocycles. The van der Waals surface area contributed by atoms with Crippen LogP contribution in [0.25, 0.3) is 0 Å². The first kappa shape index (κ1) is 15.8. The maximum Gasteiger partial charge on any atom is 0.123 e. The van der Waals surface area contributed by atoms with Crippen LogP contribution in [0.1, 0.15) is 29.7 Å². The average Bonchev–Trinajstić information content (AvgIpc) is 2.46. The van der Waals surface area contributed by atoms with Gasteiger partial charge in [0.05, 0.1) is 13.2 Å². The largest absolute Gasteiger partial charge is 0.497 e. The standard InChI is InChI=1S/C17H19ClFNO/c1-4-20-17(14-7-5-12(19)9-11(14)2)15-8-6-13(21-3)10-16(15)18/h5-10,17,20H,4H2,1-3H3. The zero-order chi connectivity index (χ0) is 15.4. The highest BCUT2D eigenvalue weighted by atomic mass is 35.5. The number of aryl methyl sites for hydroxylation is 1. The summed E-state index contributed by atoms with van der Waals surface area (Å²) in [6.45, 7) is 4.72. The lowest BCUT2D eigenvalue weighted by atomic mass is 9.94. The zero-order valence-corrected chi connectivity index (χ0v) is 13.2. The molecule has 0 aliphatic rings. The van der Waals surface area contributed by atoms with Crippen LogP contribution in [0.2, 0.25) is 5.02 Å². The van der Waals surface area contributed by atoms with E-state index in [2.05, 4.69) is 5.32 Å². The van der Waals surface area contributed by atoms with Crippen molar-refractivity contribution >= 4 is 11.6 Å². The molecule has 0 aliphatic carbocycles. The number of methoxy groups -OCH3 is 1. The Morgan fingerprint density at radius 3 is 2.48 bits per heavy atom. The molecular weight excluding hydrogens is 289 g/mol. The molecule has 0 aromatic heterocycles. The van der Waals surface area contributed by atoms with Crippen molar-refractivity contribution in [1.29, 1.82) is 0 Å². The topological polar surface area (TPSA) is 21.3 Å². The van der Waals surface area contributed by atoms with E-state index in [-0.39, 0.29) is 11.9 Å². The van der Waals surface area contributed by atoms with E-state index in [1.54, 1.807) is 19.2 Å². The van der Waals surface area contributed by atoms with Gasteiger partial charge in [0, 0.05) is 5.02 Å². The minimum absolute atomic E-state index is 0.0750. The number of rotatable bonds is 5. The molecule has 0 saturated heterocycles. The van der Waals surface area contributed by atoms with Crippen molar-refractivity contribution in [2.24, 2.45) is 0 Å². The molecule has 4 heteroatoms. The predicted molar refractivity (Wildman–Crippen MR) is 84.7 cm³/mol. The van der Waals surface area contributed by atoms with Gasteiger partial charge in [0.15, 0.2) is 0 Å². The highest BCUT2D eigenvalue weighted by Gasteiger charge is 2.18. The summed E-state index contributed by atoms with van der Waals surface area (Å²) in [5, 5.41) is 4.03. The first-order valence-corrected chi connectivity index (χ1v) is 7.27. The van der Waals surface area contributed by atoms with Crippen LogP contribution in [-0.2, 0) is 0 Å². The first-order chi connectivity index (χ1) is 10.1. The van der Waals surface area contributed by atoms with Gasteiger partial charge in [-0.05, 0) is 54.4 Å². The highest BCUT2D eigenvalue weighted by molar-refractivity contribution is 6.31. The third-order valence-corrected chi connectivity index (χ3v) is 3.80. The molecule has 1 N–H and O–H groups in total. The molecule has 2 nitrogen and oxygen atoms in total. The molecule has 2 aromatic rings. The summed E-state index contributed by atoms with van der Waals surface area (Å²) in [7, 11) is 1.61. The Bertz CT molecular complexity index is 630. The molecule has 2 aromatic carbocycles. The molecule has 0 saturated carbocycles. The van der Waals surface area contributed by atoms with Crippen molar-refractivity contribution in [3.8, 4) is 5.75 Å². The van der Waals surface area contributed by atoms with E-state index in [1.807, 2.05) is 26.0 Å². The fourth-order valence-electron chi connectivity index (χ4n) is 2.42. The lowest BCUT2D eigenvalue weighted by Crippen LogP contribution is -2.23. The number of nitrogens with one attached hydrogen (secondary N) is 1. The quantitative estimate of drug-likeness (QED) is 0.878. The van der Waals surface area contributed by atoms with E-state index in [9.17, 15) is 4.39 Å². The van der Waals surface area contributed by atoms with E-state index in [4.69, 9.17) is 16.3 Å². The zero-order valence-electron chi connectivity index (χ0n) is 12.4. The first-order valence-electron chi connectivity index (χ1n) is 6.89. The molecule has 0 spiro atoms. The van der Waals surface area contributed by atoms with Crippen molar-refractivity contribution in [2.75, 3.05) is 13.7 Å². The Balaban J connectivity index is 2.48. The summed E-state index contributed by atoms with van der Waals surface area (Å²) in [6, 6.07) is 10.4. The van der Waals surface area contributed by atoms with Gasteiger partial charge in [-0.15, -0.1) is 0 Å². The lowest BCUT2D eigenvalue weighted by Gasteiger charge is -2.22. The Kier molecular flexibility index (Phi) is 5.21. The molecule has 0 amide bonds. The van der Waals surface area contributed by atoms with Crippen molar-refractivity contribution in [3.05, 3.63) is 63.9 Å². The van der Waals surface area contributed by atoms with Gasteiger partial charge >= 0.3 is 0 Å². The van der Waals surface area contributed by atoms with Crippen LogP contribution in [-0.4, -0.2) is 13.7 Å². The minimum Gasteiger partial charge on any atom is -0.497 e. The normalized spacial score (nSPS) is 12.2. The Labute approximate surface area is 129 Å². The molecule has 0 aliphatic heterocycles. The van der Waals surface area contributed by atoms with Crippen molar-refractivity contribution < 1.29 is 9.13 Å². The molecule has 0 fully saturated rings. The molecule has 0 bridgehead atoms. The third-order valence-electron chi connectivity index (χ3n) is 3.47. The number of benzene rings is 2. The fraction of sp³-hybridized carbons (Fsp3) is 0.294. The van der Waals surface area contributed by atoms with Gasteiger partial charge in [0.2, 0.25) is 0 Å². The van der Waals surface area contributed by atoms with Crippen LogP contribution < -0.4 is 10.1 Å². The summed E-state index contributed by atoms with van der Waals surface area (Å²) in [5.74, 6) is 0.488. The van der Waals surface area contributed by atoms with Crippen molar-refractivity contribution in [1.82, 2.24) is 5.32 Å². The Hall–Kier alpha value is -1.58. The Morgan fingerprint density at radius 1 is 1.19 bits per heavy atom. The second kappa shape index (κ2) is 6.92. The molecule has 1 atom stereocenters. The molecular formula is C17H19ClFNO. The number of hydrogen-bond donors (Lipinski definition) is 1. The van der Waals surface area contributed by atoms with Gasteiger partial charge in [-0.3, -0.25) is 0 Å². The maximum absolute atomic E-state index is 13.3. The highest BCUT2D eigenvalue weighted by Crippen LogP contribution is 2.32. The number of hydrogen-bond acceptors (Lipinski definition) is 2. The summed E-state index contributed by atoms with van der Waals surface area (Å²) < 4.78 is 18.5. The second-order valence-corrected chi connectivity index (χ2v) is 5.29. The summed E-state index contributed by atoms with van der Waals surface area (Å²) >= 11 is 6.38. The van der Waals surface area contributed by atoms with E-state index < -0.39 is 0 Å². The van der Waals surface area contributed by atoms with Crippen molar-refractivity contribution in [3.63, 3.8) is 0 Å². The fourth-order valence-corrected chi connectivity index (χ4v) is 2.70. The van der Waals surface area contributed by atoms with Crippen molar-refractivity contribution in [2.45, 2.75) is 19.9 Å². The molecule has 112 valence electrons. The average molecular weight is 308 g/mol. The van der Waals surface area contributed by atoms with E-state index in [1.165, 1.54) is 12.1 Å². The van der Waals surface area contributed by atoms with Crippen LogP contribution in [0, 0.1) is 12.7 Å². The predicted octanol–water partition coefficient (Wildman–Crippen LogP) is 4.50. The van der Waals surface area contributed by atoms with Crippen LogP contribution >= 0.6 is 11.6 Å². The Morgan fingerprint density at radius 2 is 1.90 bits per heavy atom. The molecule has 0 radical (unpaired) electrons. The van der Waals surface area contributed by atoms with Gasteiger partial charge in [0.1, 0.15) is 11.6 Å². The summed E-state index contributed by atoms with van der Waals surface area (Å²) in [5.41, 5.74) is 2.87. The van der Waals surface area contributed by atoms with Crippen LogP contribution in [0.15, 0.2) is 36.4 Å². The summed E-state index contributed by atoms with van der Waals surface area (Å²) in [6.07, 6.45) is 0. The minimum atomic E-state index is -0.229. The van der Waals surface area contributed by atoms with Crippen LogP contribution in [0.5, 0.6) is 5.75 Å². The third kappa shape index (κ3) is 3.55. The lowest BCUT2D eigenvalue weighted by molar-refractivity contribution is 0.414. The smallest absolute Gasteiger partial charge is 0.123 e.